The first kappa shape index (κ1) is 31.3. The van der Waals surface area contributed by atoms with Gasteiger partial charge >= 0.3 is 0 Å². The topological polar surface area (TPSA) is 94.6 Å². The number of ether oxygens (including phenoxy) is 2. The number of aliphatic hydroxyl groups is 1. The van der Waals surface area contributed by atoms with E-state index in [0.717, 1.165) is 29.7 Å². The van der Waals surface area contributed by atoms with Crippen LogP contribution >= 0.6 is 0 Å². The van der Waals surface area contributed by atoms with Crippen LogP contribution in [0.15, 0.2) is 42.5 Å². The molecule has 2 aromatic rings. The summed E-state index contributed by atoms with van der Waals surface area (Å²) in [5, 5.41) is 12.0. The Morgan fingerprint density at radius 3 is 2.61 bits per heavy atom. The van der Waals surface area contributed by atoms with Crippen molar-refractivity contribution in [2.45, 2.75) is 55.3 Å². The molecule has 6 atom stereocenters. The number of benzene rings is 2. The van der Waals surface area contributed by atoms with Crippen LogP contribution in [0, 0.1) is 17.7 Å². The van der Waals surface area contributed by atoms with E-state index in [2.05, 4.69) is 15.1 Å². The van der Waals surface area contributed by atoms with Crippen molar-refractivity contribution in [2.24, 2.45) is 11.8 Å². The Labute approximate surface area is 268 Å². The molecule has 5 aliphatic heterocycles. The molecule has 5 aliphatic rings. The Balaban J connectivity index is 1.18. The Kier molecular flexibility index (Phi) is 8.67. The van der Waals surface area contributed by atoms with Gasteiger partial charge in [-0.1, -0.05) is 18.2 Å². The van der Waals surface area contributed by atoms with E-state index < -0.39 is 17.5 Å². The van der Waals surface area contributed by atoms with Gasteiger partial charge in [-0.3, -0.25) is 14.5 Å². The third-order valence-corrected chi connectivity index (χ3v) is 11.3. The fourth-order valence-corrected chi connectivity index (χ4v) is 8.92. The van der Waals surface area contributed by atoms with Crippen molar-refractivity contribution in [3.05, 3.63) is 59.4 Å². The molecule has 46 heavy (non-hydrogen) atoms. The van der Waals surface area contributed by atoms with Crippen molar-refractivity contribution in [2.75, 3.05) is 71.1 Å². The van der Waals surface area contributed by atoms with Gasteiger partial charge in [0.2, 0.25) is 11.6 Å². The zero-order valence-corrected chi connectivity index (χ0v) is 26.4. The molecule has 248 valence electrons. The van der Waals surface area contributed by atoms with Crippen LogP contribution in [0.5, 0.6) is 5.75 Å². The number of halogens is 2. The number of carbonyl (C=O) groups excluding carboxylic acids is 2. The van der Waals surface area contributed by atoms with Gasteiger partial charge in [0.1, 0.15) is 11.6 Å². The number of anilines is 1. The first-order valence-electron chi connectivity index (χ1n) is 16.7. The van der Waals surface area contributed by atoms with Gasteiger partial charge in [0.15, 0.2) is 0 Å². The van der Waals surface area contributed by atoms with Gasteiger partial charge in [0, 0.05) is 93.9 Å². The number of nitrogens with one attached hydrogen (secondary N) is 1. The van der Waals surface area contributed by atoms with E-state index in [0.29, 0.717) is 58.0 Å². The zero-order chi connectivity index (χ0) is 32.0. The minimum absolute atomic E-state index is 0.0219. The molecule has 2 unspecified atom stereocenters. The molecule has 4 fully saturated rings. The molecule has 9 nitrogen and oxygen atoms in total. The van der Waals surface area contributed by atoms with Crippen LogP contribution in [0.25, 0.3) is 0 Å². The molecule has 0 bridgehead atoms. The standard InChI is InChI=1S/C35H44F2N4O5/c1-45-26-5-2-22(3-6-26)30-20-40(25-9-14-46-15-10-25)21-35(30,37)34(44)39-18-28-27-7-4-24(36)17-32(27)41-12-8-23(33(43)38-11-13-42)16-31(41)29(28)19-39/h2-7,17,23,25,28-31,42H,8-16,18-21H2,1H3,(H,38,43)/t23?,28-,29?,30+,31+,35+/m1/s1. The lowest BCUT2D eigenvalue weighted by Gasteiger charge is -2.49. The lowest BCUT2D eigenvalue weighted by atomic mass is 9.73. The lowest BCUT2D eigenvalue weighted by Crippen LogP contribution is -2.54. The summed E-state index contributed by atoms with van der Waals surface area (Å²) in [6.07, 6.45) is 2.79. The van der Waals surface area contributed by atoms with E-state index in [1.807, 2.05) is 30.3 Å². The van der Waals surface area contributed by atoms with E-state index in [-0.39, 0.29) is 61.3 Å². The van der Waals surface area contributed by atoms with Crippen molar-refractivity contribution in [3.63, 3.8) is 0 Å². The summed E-state index contributed by atoms with van der Waals surface area (Å²) in [4.78, 5) is 33.6. The fraction of sp³-hybridized carbons (Fsp3) is 0.600. The largest absolute Gasteiger partial charge is 0.497 e. The SMILES string of the molecule is COc1ccc([C@@H]2CN(C3CCOCC3)C[C@@]2(F)C(=O)N2CC3[C@H](C2)c2ccc(F)cc2N2CCC(C(=O)NCCO)C[C@@H]32)cc1. The zero-order valence-electron chi connectivity index (χ0n) is 26.4. The highest BCUT2D eigenvalue weighted by Crippen LogP contribution is 2.51. The van der Waals surface area contributed by atoms with Gasteiger partial charge in [-0.25, -0.2) is 8.78 Å². The molecule has 7 rings (SSSR count). The van der Waals surface area contributed by atoms with Crippen LogP contribution in [-0.4, -0.2) is 111 Å². The second kappa shape index (κ2) is 12.7. The van der Waals surface area contributed by atoms with E-state index in [1.165, 1.54) is 6.07 Å². The molecule has 2 amide bonds. The van der Waals surface area contributed by atoms with Crippen molar-refractivity contribution in [1.29, 1.82) is 0 Å². The summed E-state index contributed by atoms with van der Waals surface area (Å²) < 4.78 is 43.2. The van der Waals surface area contributed by atoms with Gasteiger partial charge in [0.05, 0.1) is 13.7 Å². The summed E-state index contributed by atoms with van der Waals surface area (Å²) in [7, 11) is 1.59. The van der Waals surface area contributed by atoms with Crippen LogP contribution in [0.4, 0.5) is 14.5 Å². The Morgan fingerprint density at radius 1 is 1.09 bits per heavy atom. The molecule has 4 saturated heterocycles. The molecule has 0 saturated carbocycles. The van der Waals surface area contributed by atoms with Crippen LogP contribution in [0.2, 0.25) is 0 Å². The van der Waals surface area contributed by atoms with Gasteiger partial charge in [-0.2, -0.15) is 0 Å². The van der Waals surface area contributed by atoms with Crippen LogP contribution in [0.1, 0.15) is 48.6 Å². The first-order chi connectivity index (χ1) is 22.3. The fourth-order valence-electron chi connectivity index (χ4n) is 8.92. The van der Waals surface area contributed by atoms with Gasteiger partial charge in [-0.05, 0) is 61.1 Å². The maximum absolute atomic E-state index is 17.7. The Bertz CT molecular complexity index is 1440. The lowest BCUT2D eigenvalue weighted by molar-refractivity contribution is -0.143. The van der Waals surface area contributed by atoms with Crippen LogP contribution in [-0.2, 0) is 14.3 Å². The quantitative estimate of drug-likeness (QED) is 0.482. The summed E-state index contributed by atoms with van der Waals surface area (Å²) in [5.74, 6) is -1.22. The Hall–Kier alpha value is -3.28. The molecule has 5 heterocycles. The number of alkyl halides is 1. The number of hydrogen-bond donors (Lipinski definition) is 2. The number of aliphatic hydroxyl groups excluding tert-OH is 1. The summed E-state index contributed by atoms with van der Waals surface area (Å²) >= 11 is 0. The second-order valence-corrected chi connectivity index (χ2v) is 13.6. The first-order valence-corrected chi connectivity index (χ1v) is 16.7. The molecule has 0 aliphatic carbocycles. The third-order valence-electron chi connectivity index (χ3n) is 11.3. The van der Waals surface area contributed by atoms with Crippen molar-refractivity contribution in [1.82, 2.24) is 15.1 Å². The predicted molar refractivity (Wildman–Crippen MR) is 168 cm³/mol. The van der Waals surface area contributed by atoms with E-state index >= 15 is 4.39 Å². The molecular weight excluding hydrogens is 594 g/mol. The number of nitrogens with zero attached hydrogens (tertiary/aromatic N) is 3. The number of rotatable bonds is 7. The maximum atomic E-state index is 17.7. The minimum atomic E-state index is -2.12. The number of methoxy groups -OCH3 is 1. The second-order valence-electron chi connectivity index (χ2n) is 13.6. The highest BCUT2D eigenvalue weighted by molar-refractivity contribution is 5.88. The highest BCUT2D eigenvalue weighted by Gasteiger charge is 2.59. The maximum Gasteiger partial charge on any atom is 0.262 e. The number of hydrogen-bond acceptors (Lipinski definition) is 7. The van der Waals surface area contributed by atoms with Gasteiger partial charge < -0.3 is 29.7 Å². The van der Waals surface area contributed by atoms with Crippen LogP contribution < -0.4 is 15.0 Å². The third kappa shape index (κ3) is 5.54. The number of piperidine rings is 1. The molecule has 0 aromatic heterocycles. The van der Waals surface area contributed by atoms with Gasteiger partial charge in [0.25, 0.3) is 5.91 Å². The van der Waals surface area contributed by atoms with Crippen molar-refractivity contribution >= 4 is 17.5 Å². The molecule has 0 radical (unpaired) electrons. The molecular formula is C35H44F2N4O5. The average molecular weight is 639 g/mol. The van der Waals surface area contributed by atoms with Crippen molar-refractivity contribution in [3.8, 4) is 5.75 Å². The van der Waals surface area contributed by atoms with E-state index in [1.54, 1.807) is 18.1 Å². The molecule has 2 aromatic carbocycles. The van der Waals surface area contributed by atoms with Crippen molar-refractivity contribution < 1.29 is 33.0 Å². The molecule has 2 N–H and O–H groups in total. The molecule has 0 spiro atoms. The minimum Gasteiger partial charge on any atom is -0.497 e. The normalized spacial score (nSPS) is 31.3. The number of fused-ring (bicyclic) bond motifs is 6. The summed E-state index contributed by atoms with van der Waals surface area (Å²) in [5.41, 5.74) is 0.451. The number of carbonyl (C=O) groups is 2. The number of likely N-dealkylation sites (tertiary alicyclic amines) is 2. The van der Waals surface area contributed by atoms with E-state index in [4.69, 9.17) is 9.47 Å². The van der Waals surface area contributed by atoms with E-state index in [9.17, 15) is 19.1 Å². The summed E-state index contributed by atoms with van der Waals surface area (Å²) in [6, 6.07) is 12.3. The van der Waals surface area contributed by atoms with Gasteiger partial charge in [-0.15, -0.1) is 0 Å². The number of amides is 2. The monoisotopic (exact) mass is 638 g/mol. The van der Waals surface area contributed by atoms with Crippen LogP contribution in [0.3, 0.4) is 0 Å². The molecule has 11 heteroatoms. The highest BCUT2D eigenvalue weighted by atomic mass is 19.1. The Morgan fingerprint density at radius 2 is 1.87 bits per heavy atom. The summed E-state index contributed by atoms with van der Waals surface area (Å²) in [6.45, 7) is 3.13. The smallest absolute Gasteiger partial charge is 0.262 e. The predicted octanol–water partition coefficient (Wildman–Crippen LogP) is 3.07. The average Bonchev–Trinajstić information content (AvgIpc) is 3.70.